The van der Waals surface area contributed by atoms with Crippen LogP contribution in [0.3, 0.4) is 0 Å². The summed E-state index contributed by atoms with van der Waals surface area (Å²) in [6.45, 7) is 4.32. The molecule has 1 amide bonds. The standard InChI is InChI=1S/C23H28N6O/c24-14-18-6-7-22(26-15-18)28-12-8-21(9-13-28)29-11-3-4-19(17-29)23(30)27-16-20-5-1-2-10-25-20/h1-2,5-7,10,15,19,21H,3-4,8-9,11-13,16-17H2,(H,27,30). The minimum atomic E-state index is 0.0562. The van der Waals surface area contributed by atoms with E-state index in [1.165, 1.54) is 0 Å². The van der Waals surface area contributed by atoms with E-state index in [0.29, 0.717) is 18.2 Å². The van der Waals surface area contributed by atoms with Gasteiger partial charge in [-0.05, 0) is 56.5 Å². The molecule has 156 valence electrons. The highest BCUT2D eigenvalue weighted by molar-refractivity contribution is 5.78. The molecule has 2 aromatic heterocycles. The zero-order chi connectivity index (χ0) is 20.8. The number of nitrogens with one attached hydrogen (secondary N) is 1. The highest BCUT2D eigenvalue weighted by Gasteiger charge is 2.31. The average Bonchev–Trinajstić information content (AvgIpc) is 2.83. The molecule has 0 saturated carbocycles. The Morgan fingerprint density at radius 1 is 1.13 bits per heavy atom. The number of hydrogen-bond donors (Lipinski definition) is 1. The second kappa shape index (κ2) is 9.68. The minimum absolute atomic E-state index is 0.0562. The summed E-state index contributed by atoms with van der Waals surface area (Å²) in [6, 6.07) is 12.2. The first-order chi connectivity index (χ1) is 14.7. The largest absolute Gasteiger partial charge is 0.357 e. The van der Waals surface area contributed by atoms with E-state index in [4.69, 9.17) is 5.26 Å². The number of pyridine rings is 2. The van der Waals surface area contributed by atoms with Crippen molar-refractivity contribution in [3.05, 3.63) is 54.0 Å². The SMILES string of the molecule is N#Cc1ccc(N2CCC(N3CCCC(C(=O)NCc4ccccn4)C3)CC2)nc1. The van der Waals surface area contributed by atoms with Crippen LogP contribution in [-0.2, 0) is 11.3 Å². The fourth-order valence-electron chi connectivity index (χ4n) is 4.48. The molecule has 2 aliphatic heterocycles. The molecule has 2 fully saturated rings. The van der Waals surface area contributed by atoms with E-state index >= 15 is 0 Å². The lowest BCUT2D eigenvalue weighted by molar-refractivity contribution is -0.127. The number of carbonyl (C=O) groups is 1. The van der Waals surface area contributed by atoms with Crippen LogP contribution < -0.4 is 10.2 Å². The van der Waals surface area contributed by atoms with Gasteiger partial charge in [-0.1, -0.05) is 6.07 Å². The highest BCUT2D eigenvalue weighted by Crippen LogP contribution is 2.26. The number of nitrogens with zero attached hydrogens (tertiary/aromatic N) is 5. The van der Waals surface area contributed by atoms with Gasteiger partial charge in [0.2, 0.25) is 5.91 Å². The van der Waals surface area contributed by atoms with Crippen molar-refractivity contribution in [3.8, 4) is 6.07 Å². The van der Waals surface area contributed by atoms with Gasteiger partial charge in [0, 0.05) is 38.1 Å². The Morgan fingerprint density at radius 2 is 2.00 bits per heavy atom. The van der Waals surface area contributed by atoms with Gasteiger partial charge in [0.15, 0.2) is 0 Å². The quantitative estimate of drug-likeness (QED) is 0.823. The van der Waals surface area contributed by atoms with Crippen molar-refractivity contribution in [2.75, 3.05) is 31.1 Å². The zero-order valence-corrected chi connectivity index (χ0v) is 17.2. The molecule has 30 heavy (non-hydrogen) atoms. The third-order valence-corrected chi connectivity index (χ3v) is 6.18. The first-order valence-electron chi connectivity index (χ1n) is 10.8. The Morgan fingerprint density at radius 3 is 2.70 bits per heavy atom. The summed E-state index contributed by atoms with van der Waals surface area (Å²) in [5.41, 5.74) is 1.48. The number of carbonyl (C=O) groups excluding carboxylic acids is 1. The van der Waals surface area contributed by atoms with Gasteiger partial charge in [0.05, 0.1) is 23.7 Å². The van der Waals surface area contributed by atoms with Crippen LogP contribution in [0.2, 0.25) is 0 Å². The van der Waals surface area contributed by atoms with E-state index in [0.717, 1.165) is 63.4 Å². The summed E-state index contributed by atoms with van der Waals surface area (Å²) in [7, 11) is 0. The first-order valence-corrected chi connectivity index (χ1v) is 10.8. The molecule has 0 aromatic carbocycles. The van der Waals surface area contributed by atoms with Crippen molar-refractivity contribution in [1.29, 1.82) is 5.26 Å². The van der Waals surface area contributed by atoms with Gasteiger partial charge in [-0.3, -0.25) is 14.7 Å². The second-order valence-corrected chi connectivity index (χ2v) is 8.11. The zero-order valence-electron chi connectivity index (χ0n) is 17.2. The number of rotatable bonds is 5. The van der Waals surface area contributed by atoms with Crippen molar-refractivity contribution in [3.63, 3.8) is 0 Å². The Hall–Kier alpha value is -2.98. The number of hydrogen-bond acceptors (Lipinski definition) is 6. The minimum Gasteiger partial charge on any atom is -0.357 e. The van der Waals surface area contributed by atoms with Gasteiger partial charge in [-0.15, -0.1) is 0 Å². The van der Waals surface area contributed by atoms with Crippen LogP contribution >= 0.6 is 0 Å². The van der Waals surface area contributed by atoms with E-state index in [9.17, 15) is 4.79 Å². The maximum Gasteiger partial charge on any atom is 0.224 e. The molecule has 7 heteroatoms. The Balaban J connectivity index is 1.26. The van der Waals surface area contributed by atoms with E-state index < -0.39 is 0 Å². The van der Waals surface area contributed by atoms with Gasteiger partial charge >= 0.3 is 0 Å². The molecular weight excluding hydrogens is 376 g/mol. The van der Waals surface area contributed by atoms with Crippen LogP contribution in [0.4, 0.5) is 5.82 Å². The second-order valence-electron chi connectivity index (χ2n) is 8.11. The average molecular weight is 405 g/mol. The topological polar surface area (TPSA) is 85.2 Å². The number of likely N-dealkylation sites (tertiary alicyclic amines) is 1. The molecule has 0 aliphatic carbocycles. The van der Waals surface area contributed by atoms with Crippen LogP contribution in [0.5, 0.6) is 0 Å². The van der Waals surface area contributed by atoms with Crippen molar-refractivity contribution in [2.45, 2.75) is 38.3 Å². The maximum absolute atomic E-state index is 12.7. The first kappa shape index (κ1) is 20.3. The van der Waals surface area contributed by atoms with Crippen LogP contribution in [0, 0.1) is 17.2 Å². The molecule has 7 nitrogen and oxygen atoms in total. The summed E-state index contributed by atoms with van der Waals surface area (Å²) < 4.78 is 0. The molecule has 2 aromatic rings. The summed E-state index contributed by atoms with van der Waals surface area (Å²) in [6.07, 6.45) is 7.56. The van der Waals surface area contributed by atoms with E-state index in [1.807, 2.05) is 30.3 Å². The van der Waals surface area contributed by atoms with Crippen molar-refractivity contribution >= 4 is 11.7 Å². The molecule has 4 heterocycles. The lowest BCUT2D eigenvalue weighted by Crippen LogP contribution is -2.50. The third-order valence-electron chi connectivity index (χ3n) is 6.18. The number of aromatic nitrogens is 2. The van der Waals surface area contributed by atoms with E-state index in [-0.39, 0.29) is 11.8 Å². The predicted octanol–water partition coefficient (Wildman–Crippen LogP) is 2.35. The molecule has 4 rings (SSSR count). The van der Waals surface area contributed by atoms with Crippen LogP contribution in [0.1, 0.15) is 36.9 Å². The molecule has 0 radical (unpaired) electrons. The molecule has 1 atom stereocenters. The summed E-state index contributed by atoms with van der Waals surface area (Å²) in [4.78, 5) is 26.2. The number of piperidine rings is 2. The molecule has 1 N–H and O–H groups in total. The smallest absolute Gasteiger partial charge is 0.224 e. The predicted molar refractivity (Wildman–Crippen MR) is 115 cm³/mol. The molecule has 2 aliphatic rings. The van der Waals surface area contributed by atoms with Crippen molar-refractivity contribution < 1.29 is 4.79 Å². The third kappa shape index (κ3) is 4.95. The van der Waals surface area contributed by atoms with E-state index in [1.54, 1.807) is 12.4 Å². The molecule has 0 spiro atoms. The normalized spacial score (nSPS) is 20.5. The summed E-state index contributed by atoms with van der Waals surface area (Å²) in [5.74, 6) is 1.14. The lowest BCUT2D eigenvalue weighted by atomic mass is 9.93. The molecule has 0 bridgehead atoms. The van der Waals surface area contributed by atoms with Crippen molar-refractivity contribution in [1.82, 2.24) is 20.2 Å². The van der Waals surface area contributed by atoms with E-state index in [2.05, 4.69) is 31.2 Å². The highest BCUT2D eigenvalue weighted by atomic mass is 16.1. The van der Waals surface area contributed by atoms with Crippen LogP contribution in [0.15, 0.2) is 42.7 Å². The fourth-order valence-corrected chi connectivity index (χ4v) is 4.48. The van der Waals surface area contributed by atoms with Crippen LogP contribution in [0.25, 0.3) is 0 Å². The Bertz CT molecular complexity index is 871. The van der Waals surface area contributed by atoms with Gasteiger partial charge in [0.1, 0.15) is 11.9 Å². The van der Waals surface area contributed by atoms with Gasteiger partial charge in [-0.25, -0.2) is 4.98 Å². The molecule has 2 saturated heterocycles. The van der Waals surface area contributed by atoms with Gasteiger partial charge < -0.3 is 10.2 Å². The molecular formula is C23H28N6O. The Kier molecular flexibility index (Phi) is 6.55. The number of anilines is 1. The molecule has 1 unspecified atom stereocenters. The maximum atomic E-state index is 12.7. The van der Waals surface area contributed by atoms with Gasteiger partial charge in [-0.2, -0.15) is 5.26 Å². The Labute approximate surface area is 177 Å². The summed E-state index contributed by atoms with van der Waals surface area (Å²) in [5, 5.41) is 12.0. The van der Waals surface area contributed by atoms with Crippen LogP contribution in [-0.4, -0.2) is 53.0 Å². The number of amides is 1. The fraction of sp³-hybridized carbons (Fsp3) is 0.478. The number of nitriles is 1. The van der Waals surface area contributed by atoms with Crippen molar-refractivity contribution in [2.24, 2.45) is 5.92 Å². The van der Waals surface area contributed by atoms with Gasteiger partial charge in [0.25, 0.3) is 0 Å². The monoisotopic (exact) mass is 404 g/mol. The summed E-state index contributed by atoms with van der Waals surface area (Å²) >= 11 is 0. The lowest BCUT2D eigenvalue weighted by Gasteiger charge is -2.42.